The van der Waals surface area contributed by atoms with Crippen LogP contribution in [0.3, 0.4) is 0 Å². The fraction of sp³-hybridized carbons (Fsp3) is 0.375. The summed E-state index contributed by atoms with van der Waals surface area (Å²) in [6, 6.07) is 7.75. The molecule has 0 unspecified atom stereocenters. The number of benzene rings is 1. The molecule has 0 aliphatic carbocycles. The highest BCUT2D eigenvalue weighted by Gasteiger charge is 2.22. The minimum atomic E-state index is 0.0419. The third kappa shape index (κ3) is 3.57. The Morgan fingerprint density at radius 1 is 1.32 bits per heavy atom. The Hall–Kier alpha value is -2.08. The van der Waals surface area contributed by atoms with Crippen LogP contribution in [0.5, 0.6) is 5.75 Å². The van der Waals surface area contributed by atoms with E-state index in [0.29, 0.717) is 0 Å². The number of aryl methyl sites for hydroxylation is 1. The van der Waals surface area contributed by atoms with E-state index in [1.165, 1.54) is 0 Å². The minimum Gasteiger partial charge on any atom is -0.484 e. The number of thiazole rings is 1. The van der Waals surface area contributed by atoms with E-state index in [-0.39, 0.29) is 12.5 Å². The first-order valence-corrected chi connectivity index (χ1v) is 8.22. The molecule has 2 aromatic rings. The van der Waals surface area contributed by atoms with Crippen molar-refractivity contribution >= 4 is 22.4 Å². The van der Waals surface area contributed by atoms with E-state index in [4.69, 9.17) is 4.74 Å². The molecule has 5 nitrogen and oxygen atoms in total. The lowest BCUT2D eigenvalue weighted by Gasteiger charge is -2.34. The first kappa shape index (κ1) is 14.8. The van der Waals surface area contributed by atoms with Crippen LogP contribution in [-0.4, -0.2) is 48.6 Å². The molecule has 0 N–H and O–H groups in total. The second-order valence-electron chi connectivity index (χ2n) is 5.29. The zero-order valence-corrected chi connectivity index (χ0v) is 13.4. The van der Waals surface area contributed by atoms with Crippen molar-refractivity contribution in [3.8, 4) is 5.75 Å². The van der Waals surface area contributed by atoms with Crippen LogP contribution < -0.4 is 9.64 Å². The molecule has 1 saturated heterocycles. The summed E-state index contributed by atoms with van der Waals surface area (Å²) in [7, 11) is 0. The molecule has 1 amide bonds. The van der Waals surface area contributed by atoms with Gasteiger partial charge in [-0.2, -0.15) is 0 Å². The van der Waals surface area contributed by atoms with Gasteiger partial charge in [-0.25, -0.2) is 4.98 Å². The maximum atomic E-state index is 12.2. The minimum absolute atomic E-state index is 0.0419. The lowest BCUT2D eigenvalue weighted by Crippen LogP contribution is -2.50. The van der Waals surface area contributed by atoms with E-state index in [9.17, 15) is 4.79 Å². The molecule has 3 rings (SSSR count). The van der Waals surface area contributed by atoms with Crippen molar-refractivity contribution in [2.75, 3.05) is 37.7 Å². The van der Waals surface area contributed by atoms with E-state index in [1.807, 2.05) is 47.7 Å². The van der Waals surface area contributed by atoms with Crippen molar-refractivity contribution in [1.29, 1.82) is 0 Å². The number of ether oxygens (including phenoxy) is 1. The Morgan fingerprint density at radius 2 is 2.14 bits per heavy atom. The topological polar surface area (TPSA) is 45.7 Å². The average Bonchev–Trinajstić information content (AvgIpc) is 3.07. The molecule has 22 heavy (non-hydrogen) atoms. The maximum absolute atomic E-state index is 12.2. The number of anilines is 1. The zero-order valence-electron chi connectivity index (χ0n) is 12.6. The number of carbonyl (C=O) groups excluding carboxylic acids is 1. The molecule has 0 atom stereocenters. The smallest absolute Gasteiger partial charge is 0.260 e. The Balaban J connectivity index is 1.48. The van der Waals surface area contributed by atoms with E-state index in [0.717, 1.165) is 42.6 Å². The molecule has 0 radical (unpaired) electrons. The molecular formula is C16H19N3O2S. The highest BCUT2D eigenvalue weighted by molar-refractivity contribution is 7.13. The molecule has 0 spiro atoms. The summed E-state index contributed by atoms with van der Waals surface area (Å²) in [5.41, 5.74) is 1.13. The predicted molar refractivity (Wildman–Crippen MR) is 87.6 cm³/mol. The summed E-state index contributed by atoms with van der Waals surface area (Å²) in [4.78, 5) is 20.6. The van der Waals surface area contributed by atoms with Crippen molar-refractivity contribution < 1.29 is 9.53 Å². The number of nitrogens with zero attached hydrogens (tertiary/aromatic N) is 3. The molecule has 1 aliphatic rings. The summed E-state index contributed by atoms with van der Waals surface area (Å²) >= 11 is 1.63. The van der Waals surface area contributed by atoms with E-state index >= 15 is 0 Å². The van der Waals surface area contributed by atoms with E-state index in [1.54, 1.807) is 11.3 Å². The van der Waals surface area contributed by atoms with Gasteiger partial charge in [0, 0.05) is 37.8 Å². The number of hydrogen-bond acceptors (Lipinski definition) is 5. The van der Waals surface area contributed by atoms with Crippen LogP contribution in [0.1, 0.15) is 5.56 Å². The predicted octanol–water partition coefficient (Wildman–Crippen LogP) is 2.18. The highest BCUT2D eigenvalue weighted by Crippen LogP contribution is 2.19. The van der Waals surface area contributed by atoms with Crippen LogP contribution >= 0.6 is 11.3 Å². The number of rotatable bonds is 4. The quantitative estimate of drug-likeness (QED) is 0.867. The van der Waals surface area contributed by atoms with Gasteiger partial charge in [-0.15, -0.1) is 11.3 Å². The van der Waals surface area contributed by atoms with E-state index in [2.05, 4.69) is 9.88 Å². The van der Waals surface area contributed by atoms with Crippen molar-refractivity contribution in [1.82, 2.24) is 9.88 Å². The number of amides is 1. The molecule has 6 heteroatoms. The van der Waals surface area contributed by atoms with Gasteiger partial charge in [0.25, 0.3) is 5.91 Å². The molecule has 1 aliphatic heterocycles. The number of carbonyl (C=O) groups is 1. The normalized spacial score (nSPS) is 15.0. The molecule has 0 saturated carbocycles. The van der Waals surface area contributed by atoms with Crippen molar-refractivity contribution in [3.05, 3.63) is 41.4 Å². The fourth-order valence-corrected chi connectivity index (χ4v) is 3.16. The molecule has 1 aromatic heterocycles. The Bertz CT molecular complexity index is 622. The third-order valence-electron chi connectivity index (χ3n) is 3.67. The second kappa shape index (κ2) is 6.79. The second-order valence-corrected chi connectivity index (χ2v) is 6.16. The number of hydrogen-bond donors (Lipinski definition) is 0. The van der Waals surface area contributed by atoms with Crippen molar-refractivity contribution in [3.63, 3.8) is 0 Å². The van der Waals surface area contributed by atoms with Crippen LogP contribution in [0.2, 0.25) is 0 Å². The summed E-state index contributed by atoms with van der Waals surface area (Å²) < 4.78 is 5.59. The molecule has 2 heterocycles. The largest absolute Gasteiger partial charge is 0.484 e. The fourth-order valence-electron chi connectivity index (χ4n) is 2.46. The van der Waals surface area contributed by atoms with Gasteiger partial charge in [0.2, 0.25) is 0 Å². The first-order chi connectivity index (χ1) is 10.7. The van der Waals surface area contributed by atoms with Crippen molar-refractivity contribution in [2.45, 2.75) is 6.92 Å². The molecular weight excluding hydrogens is 298 g/mol. The lowest BCUT2D eigenvalue weighted by molar-refractivity contribution is -0.133. The number of piperazine rings is 1. The van der Waals surface area contributed by atoms with Gasteiger partial charge in [-0.1, -0.05) is 12.1 Å². The van der Waals surface area contributed by atoms with Crippen LogP contribution in [0.25, 0.3) is 0 Å². The first-order valence-electron chi connectivity index (χ1n) is 7.34. The summed E-state index contributed by atoms with van der Waals surface area (Å²) in [6.45, 7) is 5.19. The Kier molecular flexibility index (Phi) is 4.58. The zero-order chi connectivity index (χ0) is 15.4. The lowest BCUT2D eigenvalue weighted by atomic mass is 10.2. The van der Waals surface area contributed by atoms with Gasteiger partial charge < -0.3 is 14.5 Å². The number of aromatic nitrogens is 1. The van der Waals surface area contributed by atoms with Gasteiger partial charge in [0.15, 0.2) is 11.7 Å². The molecule has 116 valence electrons. The van der Waals surface area contributed by atoms with Gasteiger partial charge in [-0.3, -0.25) is 4.79 Å². The van der Waals surface area contributed by atoms with E-state index < -0.39 is 0 Å². The summed E-state index contributed by atoms with van der Waals surface area (Å²) in [5, 5.41) is 3.01. The van der Waals surface area contributed by atoms with Gasteiger partial charge >= 0.3 is 0 Å². The highest BCUT2D eigenvalue weighted by atomic mass is 32.1. The molecule has 0 bridgehead atoms. The Morgan fingerprint density at radius 3 is 2.82 bits per heavy atom. The molecule has 1 fully saturated rings. The van der Waals surface area contributed by atoms with Crippen LogP contribution in [-0.2, 0) is 4.79 Å². The summed E-state index contributed by atoms with van der Waals surface area (Å²) in [6.07, 6.45) is 1.81. The van der Waals surface area contributed by atoms with Crippen LogP contribution in [0.15, 0.2) is 35.8 Å². The average molecular weight is 317 g/mol. The third-order valence-corrected chi connectivity index (χ3v) is 4.51. The monoisotopic (exact) mass is 317 g/mol. The van der Waals surface area contributed by atoms with Crippen LogP contribution in [0, 0.1) is 6.92 Å². The van der Waals surface area contributed by atoms with Gasteiger partial charge in [-0.05, 0) is 24.6 Å². The SMILES string of the molecule is Cc1cccc(OCC(=O)N2CCN(c3nccs3)CC2)c1. The van der Waals surface area contributed by atoms with Gasteiger partial charge in [0.1, 0.15) is 5.75 Å². The summed E-state index contributed by atoms with van der Waals surface area (Å²) in [5.74, 6) is 0.787. The molecule has 1 aromatic carbocycles. The standard InChI is InChI=1S/C16H19N3O2S/c1-13-3-2-4-14(11-13)21-12-15(20)18-6-8-19(9-7-18)16-17-5-10-22-16/h2-5,10-11H,6-9,12H2,1H3. The van der Waals surface area contributed by atoms with Gasteiger partial charge in [0.05, 0.1) is 0 Å². The maximum Gasteiger partial charge on any atom is 0.260 e. The van der Waals surface area contributed by atoms with Crippen LogP contribution in [0.4, 0.5) is 5.13 Å². The Labute approximate surface area is 134 Å². The van der Waals surface area contributed by atoms with Crippen molar-refractivity contribution in [2.24, 2.45) is 0 Å².